The molecule has 210 valence electrons. The number of aliphatic hydroxyl groups is 1. The van der Waals surface area contributed by atoms with Gasteiger partial charge < -0.3 is 19.9 Å². The zero-order chi connectivity index (χ0) is 27.8. The predicted molar refractivity (Wildman–Crippen MR) is 153 cm³/mol. The Balaban J connectivity index is 0.00000722. The molecular formula is C28H38BrClN2O6. The van der Waals surface area contributed by atoms with Gasteiger partial charge in [-0.1, -0.05) is 48.0 Å². The van der Waals surface area contributed by atoms with Gasteiger partial charge in [-0.25, -0.2) is 0 Å². The monoisotopic (exact) mass is 612 g/mol. The maximum absolute atomic E-state index is 12.6. The fourth-order valence-electron chi connectivity index (χ4n) is 2.98. The maximum Gasteiger partial charge on any atom is 0.316 e. The quantitative estimate of drug-likeness (QED) is 0.155. The van der Waals surface area contributed by atoms with Crippen molar-refractivity contribution in [2.75, 3.05) is 13.1 Å². The van der Waals surface area contributed by atoms with Crippen LogP contribution < -0.4 is 20.1 Å². The topological polar surface area (TPSA) is 114 Å². The first kappa shape index (κ1) is 33.6. The minimum absolute atomic E-state index is 0. The van der Waals surface area contributed by atoms with E-state index in [9.17, 15) is 19.5 Å². The van der Waals surface area contributed by atoms with Crippen molar-refractivity contribution in [3.05, 3.63) is 58.6 Å². The van der Waals surface area contributed by atoms with E-state index >= 15 is 0 Å². The molecule has 0 aliphatic heterocycles. The summed E-state index contributed by atoms with van der Waals surface area (Å²) in [7, 11) is 0. The second-order valence-electron chi connectivity index (χ2n) is 10.8. The molecule has 10 heteroatoms. The van der Waals surface area contributed by atoms with Gasteiger partial charge in [-0.2, -0.15) is 0 Å². The van der Waals surface area contributed by atoms with E-state index < -0.39 is 29.0 Å². The Bertz CT molecular complexity index is 1100. The van der Waals surface area contributed by atoms with Crippen molar-refractivity contribution in [1.82, 2.24) is 10.6 Å². The highest BCUT2D eigenvalue weighted by Crippen LogP contribution is 2.40. The van der Waals surface area contributed by atoms with Gasteiger partial charge in [0.2, 0.25) is 5.91 Å². The Labute approximate surface area is 240 Å². The lowest BCUT2D eigenvalue weighted by atomic mass is 9.97. The predicted octanol–water partition coefficient (Wildman–Crippen LogP) is 4.63. The number of amides is 1. The number of nitrogens with one attached hydrogen (secondary N) is 2. The summed E-state index contributed by atoms with van der Waals surface area (Å²) in [5, 5.41) is 16.3. The first-order valence-corrected chi connectivity index (χ1v) is 12.5. The van der Waals surface area contributed by atoms with Gasteiger partial charge in [0, 0.05) is 19.5 Å². The second-order valence-corrected chi connectivity index (χ2v) is 11.2. The van der Waals surface area contributed by atoms with Crippen LogP contribution in [0.4, 0.5) is 0 Å². The summed E-state index contributed by atoms with van der Waals surface area (Å²) >= 11 is 6.57. The van der Waals surface area contributed by atoms with Gasteiger partial charge in [-0.3, -0.25) is 19.7 Å². The molecule has 0 radical (unpaired) electrons. The highest BCUT2D eigenvalue weighted by molar-refractivity contribution is 8.93. The van der Waals surface area contributed by atoms with E-state index in [4.69, 9.17) is 21.1 Å². The Kier molecular flexibility index (Phi) is 12.9. The average molecular weight is 614 g/mol. The minimum Gasteiger partial charge on any atom is -0.422 e. The van der Waals surface area contributed by atoms with Crippen molar-refractivity contribution in [2.45, 2.75) is 60.6 Å². The van der Waals surface area contributed by atoms with E-state index in [1.807, 2.05) is 30.3 Å². The summed E-state index contributed by atoms with van der Waals surface area (Å²) in [6, 6.07) is 12.5. The van der Waals surface area contributed by atoms with Crippen molar-refractivity contribution in [3.63, 3.8) is 0 Å². The van der Waals surface area contributed by atoms with Gasteiger partial charge in [0.1, 0.15) is 6.23 Å². The lowest BCUT2D eigenvalue weighted by Gasteiger charge is -2.22. The lowest BCUT2D eigenvalue weighted by Crippen LogP contribution is -2.38. The number of rotatable bonds is 10. The van der Waals surface area contributed by atoms with Crippen LogP contribution in [0.15, 0.2) is 42.5 Å². The van der Waals surface area contributed by atoms with Crippen molar-refractivity contribution >= 4 is 46.4 Å². The third-order valence-electron chi connectivity index (χ3n) is 5.21. The van der Waals surface area contributed by atoms with Crippen LogP contribution in [-0.2, 0) is 27.2 Å². The number of carbonyl (C=O) groups is 3. The number of aliphatic hydroxyl groups excluding tert-OH is 1. The zero-order valence-corrected chi connectivity index (χ0v) is 25.2. The van der Waals surface area contributed by atoms with E-state index in [0.717, 1.165) is 5.56 Å². The Morgan fingerprint density at radius 2 is 1.47 bits per heavy atom. The molecule has 2 aromatic carbocycles. The molecule has 0 aromatic heterocycles. The van der Waals surface area contributed by atoms with Crippen LogP contribution in [0.2, 0.25) is 5.02 Å². The Hall–Kier alpha value is -2.46. The Morgan fingerprint density at radius 3 is 2.05 bits per heavy atom. The van der Waals surface area contributed by atoms with Crippen LogP contribution in [0.25, 0.3) is 0 Å². The number of esters is 2. The molecule has 0 spiro atoms. The SMILES string of the molecule is Br.CC(C)(C)C(=O)Oc1ccc(CC(O)NCCNC(=O)Cc2ccccc2)c(Cl)c1OC(=O)C(C)(C)C. The Morgan fingerprint density at radius 1 is 0.895 bits per heavy atom. The summed E-state index contributed by atoms with van der Waals surface area (Å²) in [4.78, 5) is 37.1. The lowest BCUT2D eigenvalue weighted by molar-refractivity contribution is -0.145. The molecule has 2 rings (SSSR count). The van der Waals surface area contributed by atoms with Gasteiger partial charge in [-0.05, 0) is 58.7 Å². The van der Waals surface area contributed by atoms with Gasteiger partial charge in [-0.15, -0.1) is 17.0 Å². The molecular weight excluding hydrogens is 576 g/mol. The zero-order valence-electron chi connectivity index (χ0n) is 22.7. The maximum atomic E-state index is 12.6. The molecule has 1 amide bonds. The molecule has 0 saturated carbocycles. The van der Waals surface area contributed by atoms with Crippen molar-refractivity contribution < 1.29 is 29.0 Å². The van der Waals surface area contributed by atoms with E-state index in [0.29, 0.717) is 18.7 Å². The number of hydrogen-bond acceptors (Lipinski definition) is 7. The number of benzene rings is 2. The largest absolute Gasteiger partial charge is 0.422 e. The minimum atomic E-state index is -0.988. The number of halogens is 2. The molecule has 1 unspecified atom stereocenters. The molecule has 38 heavy (non-hydrogen) atoms. The normalized spacial score (nSPS) is 12.2. The first-order chi connectivity index (χ1) is 17.2. The average Bonchev–Trinajstić information content (AvgIpc) is 2.80. The van der Waals surface area contributed by atoms with E-state index in [1.165, 1.54) is 6.07 Å². The van der Waals surface area contributed by atoms with Gasteiger partial charge in [0.15, 0.2) is 11.5 Å². The summed E-state index contributed by atoms with van der Waals surface area (Å²) in [5.41, 5.74) is -0.201. The van der Waals surface area contributed by atoms with Crippen molar-refractivity contribution in [3.8, 4) is 11.5 Å². The van der Waals surface area contributed by atoms with Crippen LogP contribution in [-0.4, -0.2) is 42.3 Å². The summed E-state index contributed by atoms with van der Waals surface area (Å²) < 4.78 is 11.0. The molecule has 2 aromatic rings. The molecule has 3 N–H and O–H groups in total. The summed E-state index contributed by atoms with van der Waals surface area (Å²) in [5.74, 6) is -1.23. The highest BCUT2D eigenvalue weighted by Gasteiger charge is 2.30. The number of ether oxygens (including phenoxy) is 2. The molecule has 0 aliphatic rings. The van der Waals surface area contributed by atoms with Crippen LogP contribution >= 0.6 is 28.6 Å². The summed E-state index contributed by atoms with van der Waals surface area (Å²) in [6.45, 7) is 10.9. The second kappa shape index (κ2) is 14.6. The third-order valence-corrected chi connectivity index (χ3v) is 5.63. The summed E-state index contributed by atoms with van der Waals surface area (Å²) in [6.07, 6.45) is -0.622. The molecule has 8 nitrogen and oxygen atoms in total. The van der Waals surface area contributed by atoms with Crippen LogP contribution in [0.3, 0.4) is 0 Å². The van der Waals surface area contributed by atoms with Gasteiger partial charge >= 0.3 is 11.9 Å². The fourth-order valence-corrected chi connectivity index (χ4v) is 3.25. The van der Waals surface area contributed by atoms with E-state index in [1.54, 1.807) is 47.6 Å². The van der Waals surface area contributed by atoms with E-state index in [-0.39, 0.29) is 52.3 Å². The number of carbonyl (C=O) groups excluding carboxylic acids is 3. The fraction of sp³-hybridized carbons (Fsp3) is 0.464. The van der Waals surface area contributed by atoms with Crippen molar-refractivity contribution in [2.24, 2.45) is 10.8 Å². The highest BCUT2D eigenvalue weighted by atomic mass is 79.9. The van der Waals surface area contributed by atoms with Gasteiger partial charge in [0.25, 0.3) is 0 Å². The van der Waals surface area contributed by atoms with Crippen LogP contribution in [0.1, 0.15) is 52.7 Å². The molecule has 1 atom stereocenters. The standard InChI is InChI=1S/C28H37ClN2O6.BrH/c1-27(2,3)25(34)36-20-13-12-19(23(29)24(20)37-26(35)28(4,5)6)17-22(33)31-15-14-30-21(32)16-18-10-8-7-9-11-18;/h7-13,22,31,33H,14-17H2,1-6H3,(H,30,32);1H. The first-order valence-electron chi connectivity index (χ1n) is 12.2. The molecule has 0 heterocycles. The van der Waals surface area contributed by atoms with Crippen molar-refractivity contribution in [1.29, 1.82) is 0 Å². The smallest absolute Gasteiger partial charge is 0.316 e. The van der Waals surface area contributed by atoms with E-state index in [2.05, 4.69) is 10.6 Å². The third kappa shape index (κ3) is 10.7. The number of hydrogen-bond donors (Lipinski definition) is 3. The molecule has 0 bridgehead atoms. The van der Waals surface area contributed by atoms with Crippen LogP contribution in [0, 0.1) is 10.8 Å². The van der Waals surface area contributed by atoms with Gasteiger partial charge in [0.05, 0.1) is 22.3 Å². The molecule has 0 fully saturated rings. The molecule has 0 saturated heterocycles. The van der Waals surface area contributed by atoms with Crippen LogP contribution in [0.5, 0.6) is 11.5 Å². The molecule has 0 aliphatic carbocycles.